The number of amides is 3. The smallest absolute Gasteiger partial charge is 0.413 e. The van der Waals surface area contributed by atoms with E-state index in [1.165, 1.54) is 7.05 Å². The van der Waals surface area contributed by atoms with Crippen LogP contribution in [0.4, 0.5) is 10.5 Å². The molecule has 3 aliphatic rings. The SMILES string of the molecule is CNC(=O)OC(=N)c1ccc(C2=CCN(C(=O)CN3CC[C@]4(CCN(c5ccc(C)c(C(=N)c6ccc(OC)nc6)c5)C4=O)C3)CC2)cc1. The second kappa shape index (κ2) is 14.0. The van der Waals surface area contributed by atoms with Crippen molar-refractivity contribution >= 4 is 40.8 Å². The number of methoxy groups -OCH3 is 1. The van der Waals surface area contributed by atoms with E-state index in [9.17, 15) is 14.4 Å². The van der Waals surface area contributed by atoms with E-state index in [1.807, 2.05) is 53.1 Å². The van der Waals surface area contributed by atoms with Crippen molar-refractivity contribution in [1.29, 1.82) is 10.8 Å². The fourth-order valence-corrected chi connectivity index (χ4v) is 6.88. The molecular formula is C37H41N7O5. The number of carbonyl (C=O) groups excluding carboxylic acids is 3. The largest absolute Gasteiger partial charge is 0.481 e. The van der Waals surface area contributed by atoms with Gasteiger partial charge in [0, 0.05) is 67.9 Å². The Morgan fingerprint density at radius 3 is 2.43 bits per heavy atom. The molecule has 3 N–H and O–H groups in total. The molecule has 0 saturated carbocycles. The number of benzene rings is 2. The minimum Gasteiger partial charge on any atom is -0.481 e. The third kappa shape index (κ3) is 6.95. The number of nitrogens with zero attached hydrogens (tertiary/aromatic N) is 4. The van der Waals surface area contributed by atoms with Gasteiger partial charge in [-0.25, -0.2) is 9.78 Å². The van der Waals surface area contributed by atoms with Crippen molar-refractivity contribution < 1.29 is 23.9 Å². The van der Waals surface area contributed by atoms with E-state index in [4.69, 9.17) is 20.3 Å². The predicted octanol–water partition coefficient (Wildman–Crippen LogP) is 4.24. The zero-order valence-electron chi connectivity index (χ0n) is 28.0. The van der Waals surface area contributed by atoms with Gasteiger partial charge in [-0.15, -0.1) is 0 Å². The van der Waals surface area contributed by atoms with Gasteiger partial charge in [-0.1, -0.05) is 24.3 Å². The van der Waals surface area contributed by atoms with Crippen LogP contribution in [0.15, 0.2) is 66.9 Å². The maximum atomic E-state index is 13.9. The zero-order valence-corrected chi connectivity index (χ0v) is 28.0. The van der Waals surface area contributed by atoms with E-state index in [2.05, 4.69) is 21.3 Å². The minimum atomic E-state index is -0.686. The Kier molecular flexibility index (Phi) is 9.59. The summed E-state index contributed by atoms with van der Waals surface area (Å²) >= 11 is 0. The molecule has 3 aromatic rings. The highest BCUT2D eigenvalue weighted by Crippen LogP contribution is 2.42. The van der Waals surface area contributed by atoms with Gasteiger partial charge in [-0.2, -0.15) is 0 Å². The molecule has 2 saturated heterocycles. The van der Waals surface area contributed by atoms with Crippen LogP contribution in [-0.4, -0.2) is 97.7 Å². The Bertz CT molecular complexity index is 1820. The molecule has 1 atom stereocenters. The summed E-state index contributed by atoms with van der Waals surface area (Å²) in [6.07, 6.45) is 5.15. The van der Waals surface area contributed by atoms with Crippen LogP contribution in [0.25, 0.3) is 5.57 Å². The van der Waals surface area contributed by atoms with Gasteiger partial charge in [0.25, 0.3) is 0 Å². The molecule has 12 heteroatoms. The number of carbonyl (C=O) groups is 3. The molecule has 2 fully saturated rings. The first-order valence-electron chi connectivity index (χ1n) is 16.4. The Balaban J connectivity index is 1.04. The van der Waals surface area contributed by atoms with Crippen molar-refractivity contribution in [2.75, 3.05) is 58.3 Å². The molecule has 1 spiro atoms. The third-order valence-electron chi connectivity index (χ3n) is 9.82. The van der Waals surface area contributed by atoms with Crippen molar-refractivity contribution in [3.8, 4) is 5.88 Å². The van der Waals surface area contributed by atoms with Gasteiger partial charge < -0.3 is 24.6 Å². The summed E-state index contributed by atoms with van der Waals surface area (Å²) in [7, 11) is 2.99. The lowest BCUT2D eigenvalue weighted by atomic mass is 9.85. The maximum absolute atomic E-state index is 13.9. The standard InChI is InChI=1S/C37H41N7O5/c1-24-4-10-29(20-30(24)33(38)28-9-11-31(48-3)41-21-28)44-19-15-37(35(44)46)14-18-42(23-37)22-32(45)43-16-12-26(13-17-43)25-5-7-27(8-6-25)34(39)49-36(47)40-2/h4-12,20-21,38-39H,13-19,22-23H2,1-3H3,(H,40,47)/t37-/m0/s1. The quantitative estimate of drug-likeness (QED) is 0.241. The number of alkyl carbamates (subject to hydrolysis) is 1. The van der Waals surface area contributed by atoms with Crippen LogP contribution in [0.1, 0.15) is 47.1 Å². The molecule has 254 valence electrons. The van der Waals surface area contributed by atoms with E-state index < -0.39 is 11.5 Å². The monoisotopic (exact) mass is 663 g/mol. The Morgan fingerprint density at radius 1 is 1.00 bits per heavy atom. The van der Waals surface area contributed by atoms with Crippen LogP contribution in [0.2, 0.25) is 0 Å². The maximum Gasteiger partial charge on any atom is 0.413 e. The lowest BCUT2D eigenvalue weighted by Gasteiger charge is -2.29. The van der Waals surface area contributed by atoms with E-state index >= 15 is 0 Å². The van der Waals surface area contributed by atoms with Gasteiger partial charge in [-0.05, 0) is 79.8 Å². The average Bonchev–Trinajstić information content (AvgIpc) is 3.69. The molecule has 2 aromatic carbocycles. The van der Waals surface area contributed by atoms with Gasteiger partial charge >= 0.3 is 6.09 Å². The van der Waals surface area contributed by atoms with E-state index in [-0.39, 0.29) is 24.3 Å². The first-order valence-corrected chi connectivity index (χ1v) is 16.4. The number of rotatable bonds is 8. The van der Waals surface area contributed by atoms with Crippen LogP contribution in [-0.2, 0) is 14.3 Å². The Hall–Kier alpha value is -5.36. The summed E-state index contributed by atoms with van der Waals surface area (Å²) in [5.41, 5.74) is 5.60. The average molecular weight is 664 g/mol. The van der Waals surface area contributed by atoms with Crippen molar-refractivity contribution in [2.24, 2.45) is 5.41 Å². The molecule has 0 aliphatic carbocycles. The first kappa shape index (κ1) is 33.5. The lowest BCUT2D eigenvalue weighted by Crippen LogP contribution is -2.43. The van der Waals surface area contributed by atoms with Gasteiger partial charge in [0.2, 0.25) is 23.6 Å². The summed E-state index contributed by atoms with van der Waals surface area (Å²) in [5, 5.41) is 19.1. The highest BCUT2D eigenvalue weighted by molar-refractivity contribution is 6.12. The molecule has 3 aliphatic heterocycles. The summed E-state index contributed by atoms with van der Waals surface area (Å²) in [4.78, 5) is 48.7. The van der Waals surface area contributed by atoms with Crippen molar-refractivity contribution in [3.05, 3.63) is 94.7 Å². The molecule has 0 unspecified atom stereocenters. The number of hydrogen-bond donors (Lipinski definition) is 3. The first-order chi connectivity index (χ1) is 23.6. The number of nitrogens with one attached hydrogen (secondary N) is 3. The minimum absolute atomic E-state index is 0.0551. The number of hydrogen-bond acceptors (Lipinski definition) is 9. The van der Waals surface area contributed by atoms with E-state index in [0.717, 1.165) is 34.4 Å². The zero-order chi connectivity index (χ0) is 34.7. The fourth-order valence-electron chi connectivity index (χ4n) is 6.88. The predicted molar refractivity (Wildman–Crippen MR) is 186 cm³/mol. The molecule has 1 aromatic heterocycles. The van der Waals surface area contributed by atoms with Crippen LogP contribution in [0.3, 0.4) is 0 Å². The van der Waals surface area contributed by atoms with Crippen molar-refractivity contribution in [1.82, 2.24) is 20.1 Å². The second-order valence-electron chi connectivity index (χ2n) is 12.8. The molecule has 49 heavy (non-hydrogen) atoms. The van der Waals surface area contributed by atoms with E-state index in [1.54, 1.807) is 31.5 Å². The molecule has 4 heterocycles. The second-order valence-corrected chi connectivity index (χ2v) is 12.8. The highest BCUT2D eigenvalue weighted by Gasteiger charge is 2.51. The van der Waals surface area contributed by atoms with Gasteiger partial charge in [0.05, 0.1) is 24.8 Å². The van der Waals surface area contributed by atoms with Crippen LogP contribution in [0.5, 0.6) is 5.88 Å². The lowest BCUT2D eigenvalue weighted by molar-refractivity contribution is -0.132. The van der Waals surface area contributed by atoms with Gasteiger partial charge in [0.1, 0.15) is 0 Å². The number of likely N-dealkylation sites (tertiary alicyclic amines) is 1. The summed E-state index contributed by atoms with van der Waals surface area (Å²) in [5.74, 6) is 0.404. The van der Waals surface area contributed by atoms with E-state index in [0.29, 0.717) is 68.3 Å². The number of ether oxygens (including phenoxy) is 2. The van der Waals surface area contributed by atoms with Gasteiger partial charge in [0.15, 0.2) is 0 Å². The summed E-state index contributed by atoms with van der Waals surface area (Å²) in [6, 6.07) is 16.7. The molecule has 3 amide bonds. The molecule has 0 radical (unpaired) electrons. The summed E-state index contributed by atoms with van der Waals surface area (Å²) < 4.78 is 10.1. The van der Waals surface area contributed by atoms with Crippen LogP contribution >= 0.6 is 0 Å². The molecule has 6 rings (SSSR count). The Morgan fingerprint density at radius 2 is 1.76 bits per heavy atom. The number of pyridine rings is 1. The molecule has 12 nitrogen and oxygen atoms in total. The van der Waals surface area contributed by atoms with Crippen LogP contribution < -0.4 is 15.0 Å². The third-order valence-corrected chi connectivity index (χ3v) is 9.82. The number of aryl methyl sites for hydroxylation is 1. The molecular weight excluding hydrogens is 622 g/mol. The normalized spacial score (nSPS) is 19.2. The Labute approximate surface area is 285 Å². The summed E-state index contributed by atoms with van der Waals surface area (Å²) in [6.45, 7) is 5.20. The van der Waals surface area contributed by atoms with Crippen molar-refractivity contribution in [3.63, 3.8) is 0 Å². The van der Waals surface area contributed by atoms with Gasteiger partial charge in [-0.3, -0.25) is 25.3 Å². The topological polar surface area (TPSA) is 152 Å². The molecule has 0 bridgehead atoms. The number of aromatic nitrogens is 1. The fraction of sp³-hybridized carbons (Fsp3) is 0.351. The highest BCUT2D eigenvalue weighted by atomic mass is 16.6. The number of anilines is 1. The van der Waals surface area contributed by atoms with Crippen LogP contribution in [0, 0.1) is 23.2 Å². The van der Waals surface area contributed by atoms with Crippen molar-refractivity contribution in [2.45, 2.75) is 26.2 Å².